The molecule has 0 saturated heterocycles. The van der Waals surface area contributed by atoms with Gasteiger partial charge in [-0.2, -0.15) is 5.10 Å². The van der Waals surface area contributed by atoms with Crippen LogP contribution >= 0.6 is 0 Å². The van der Waals surface area contributed by atoms with E-state index in [0.29, 0.717) is 12.5 Å². The average molecular weight is 418 g/mol. The van der Waals surface area contributed by atoms with Crippen LogP contribution in [-0.2, 0) is 22.6 Å². The van der Waals surface area contributed by atoms with E-state index in [9.17, 15) is 9.59 Å². The molecule has 3 aromatic heterocycles. The van der Waals surface area contributed by atoms with Crippen LogP contribution in [0.1, 0.15) is 36.6 Å². The van der Waals surface area contributed by atoms with Crippen molar-refractivity contribution in [1.29, 1.82) is 0 Å². The number of pyridine rings is 2. The Morgan fingerprint density at radius 3 is 2.65 bits per heavy atom. The molecule has 7 heteroatoms. The van der Waals surface area contributed by atoms with E-state index < -0.39 is 0 Å². The fourth-order valence-corrected chi connectivity index (χ4v) is 3.96. The van der Waals surface area contributed by atoms with Gasteiger partial charge in [0, 0.05) is 62.6 Å². The van der Waals surface area contributed by atoms with Crippen LogP contribution in [0, 0.1) is 19.8 Å². The normalized spacial score (nSPS) is 15.6. The smallest absolute Gasteiger partial charge is 0.228 e. The van der Waals surface area contributed by atoms with Crippen molar-refractivity contribution in [3.63, 3.8) is 0 Å². The second kappa shape index (κ2) is 8.79. The summed E-state index contributed by atoms with van der Waals surface area (Å²) in [5.41, 5.74) is 4.60. The second-order valence-corrected chi connectivity index (χ2v) is 8.45. The Balaban J connectivity index is 1.34. The topological polar surface area (TPSA) is 81.0 Å². The minimum Gasteiger partial charge on any atom is -0.299 e. The largest absolute Gasteiger partial charge is 0.299 e. The molecule has 4 heterocycles. The molecular weight excluding hydrogens is 390 g/mol. The zero-order valence-electron chi connectivity index (χ0n) is 18.2. The van der Waals surface area contributed by atoms with Gasteiger partial charge in [0.25, 0.3) is 0 Å². The summed E-state index contributed by atoms with van der Waals surface area (Å²) in [6.45, 7) is 7.50. The maximum Gasteiger partial charge on any atom is 0.228 e. The Hall–Kier alpha value is -3.35. The van der Waals surface area contributed by atoms with Crippen molar-refractivity contribution < 1.29 is 9.59 Å². The molecule has 31 heavy (non-hydrogen) atoms. The van der Waals surface area contributed by atoms with Gasteiger partial charge in [0.2, 0.25) is 5.91 Å². The lowest BCUT2D eigenvalue weighted by Gasteiger charge is -2.31. The summed E-state index contributed by atoms with van der Waals surface area (Å²) in [7, 11) is 0. The Morgan fingerprint density at radius 2 is 1.90 bits per heavy atom. The first-order valence-electron chi connectivity index (χ1n) is 10.6. The van der Waals surface area contributed by atoms with E-state index in [1.807, 2.05) is 42.8 Å². The first kappa shape index (κ1) is 20.9. The highest BCUT2D eigenvalue weighted by atomic mass is 16.2. The minimum absolute atomic E-state index is 0.0264. The summed E-state index contributed by atoms with van der Waals surface area (Å²) < 4.78 is 1.89. The number of carbonyl (C=O) groups excluding carboxylic acids is 2. The fourth-order valence-electron chi connectivity index (χ4n) is 3.96. The molecule has 1 amide bonds. The number of aromatic nitrogens is 4. The molecule has 0 aromatic carbocycles. The SMILES string of the molecule is Cc1cncc(-c2ccc(CC(=O)CCC(=O)N3CC(C)Cn4nc(C)cc43)cn2)c1. The molecule has 1 aliphatic rings. The number of hydrogen-bond acceptors (Lipinski definition) is 5. The van der Waals surface area contributed by atoms with Gasteiger partial charge in [0.15, 0.2) is 0 Å². The third-order valence-corrected chi connectivity index (χ3v) is 5.45. The highest BCUT2D eigenvalue weighted by molar-refractivity contribution is 5.95. The van der Waals surface area contributed by atoms with Crippen molar-refractivity contribution in [2.75, 3.05) is 11.4 Å². The first-order chi connectivity index (χ1) is 14.9. The number of rotatable bonds is 6. The van der Waals surface area contributed by atoms with Gasteiger partial charge in [-0.15, -0.1) is 0 Å². The van der Waals surface area contributed by atoms with Gasteiger partial charge in [0.05, 0.1) is 11.4 Å². The molecule has 0 N–H and O–H groups in total. The van der Waals surface area contributed by atoms with E-state index in [-0.39, 0.29) is 31.0 Å². The average Bonchev–Trinajstić information content (AvgIpc) is 3.11. The monoisotopic (exact) mass is 417 g/mol. The summed E-state index contributed by atoms with van der Waals surface area (Å²) in [6, 6.07) is 7.78. The molecule has 0 fully saturated rings. The fraction of sp³-hybridized carbons (Fsp3) is 0.375. The zero-order valence-corrected chi connectivity index (χ0v) is 18.2. The van der Waals surface area contributed by atoms with Crippen molar-refractivity contribution in [3.05, 3.63) is 59.7 Å². The highest BCUT2D eigenvalue weighted by Crippen LogP contribution is 2.25. The number of Topliss-reactive ketones (excluding diaryl/α,β-unsaturated/α-hetero) is 1. The Morgan fingerprint density at radius 1 is 1.06 bits per heavy atom. The van der Waals surface area contributed by atoms with E-state index >= 15 is 0 Å². The number of aryl methyl sites for hydroxylation is 2. The van der Waals surface area contributed by atoms with Gasteiger partial charge in [-0.1, -0.05) is 13.0 Å². The van der Waals surface area contributed by atoms with Crippen molar-refractivity contribution in [1.82, 2.24) is 19.7 Å². The van der Waals surface area contributed by atoms with Crippen molar-refractivity contribution in [2.24, 2.45) is 5.92 Å². The second-order valence-electron chi connectivity index (χ2n) is 8.45. The molecule has 3 aromatic rings. The van der Waals surface area contributed by atoms with Crippen LogP contribution in [0.2, 0.25) is 0 Å². The quantitative estimate of drug-likeness (QED) is 0.613. The number of fused-ring (bicyclic) bond motifs is 1. The predicted octanol–water partition coefficient (Wildman–Crippen LogP) is 3.53. The van der Waals surface area contributed by atoms with E-state index in [1.54, 1.807) is 23.5 Å². The number of hydrogen-bond donors (Lipinski definition) is 0. The molecule has 0 radical (unpaired) electrons. The molecule has 1 aliphatic heterocycles. The van der Waals surface area contributed by atoms with Gasteiger partial charge in [-0.05, 0) is 43.0 Å². The maximum atomic E-state index is 12.8. The maximum absolute atomic E-state index is 12.8. The van der Waals surface area contributed by atoms with Crippen LogP contribution in [-0.4, -0.2) is 38.0 Å². The Kier molecular flexibility index (Phi) is 5.93. The lowest BCUT2D eigenvalue weighted by Crippen LogP contribution is -2.41. The molecule has 160 valence electrons. The van der Waals surface area contributed by atoms with Crippen LogP contribution in [0.15, 0.2) is 42.9 Å². The van der Waals surface area contributed by atoms with Crippen molar-refractivity contribution >= 4 is 17.5 Å². The summed E-state index contributed by atoms with van der Waals surface area (Å²) in [5.74, 6) is 1.18. The zero-order chi connectivity index (χ0) is 22.0. The summed E-state index contributed by atoms with van der Waals surface area (Å²) in [5, 5.41) is 4.46. The van der Waals surface area contributed by atoms with Gasteiger partial charge in [0.1, 0.15) is 11.6 Å². The number of amides is 1. The number of anilines is 1. The minimum atomic E-state index is -0.0264. The van der Waals surface area contributed by atoms with Gasteiger partial charge in [-0.25, -0.2) is 4.68 Å². The number of ketones is 1. The standard InChI is InChI=1S/C24H27N5O2/c1-16-8-20(13-25-11-16)22-6-4-19(12-26-22)10-21(30)5-7-24(31)28-14-17(2)15-29-23(28)9-18(3)27-29/h4,6,8-9,11-13,17H,5,7,10,14-15H2,1-3H3. The van der Waals surface area contributed by atoms with Gasteiger partial charge >= 0.3 is 0 Å². The summed E-state index contributed by atoms with van der Waals surface area (Å²) >= 11 is 0. The molecule has 1 atom stereocenters. The predicted molar refractivity (Wildman–Crippen MR) is 119 cm³/mol. The van der Waals surface area contributed by atoms with E-state index in [0.717, 1.165) is 40.4 Å². The Labute approximate surface area is 182 Å². The lowest BCUT2D eigenvalue weighted by molar-refractivity contribution is -0.123. The third-order valence-electron chi connectivity index (χ3n) is 5.45. The van der Waals surface area contributed by atoms with Crippen LogP contribution in [0.4, 0.5) is 5.82 Å². The number of nitrogens with zero attached hydrogens (tertiary/aromatic N) is 5. The third kappa shape index (κ3) is 4.87. The molecule has 0 saturated carbocycles. The summed E-state index contributed by atoms with van der Waals surface area (Å²) in [4.78, 5) is 35.7. The molecule has 0 aliphatic carbocycles. The first-order valence-corrected chi connectivity index (χ1v) is 10.6. The molecule has 4 rings (SSSR count). The van der Waals surface area contributed by atoms with Gasteiger partial charge < -0.3 is 0 Å². The molecule has 1 unspecified atom stereocenters. The lowest BCUT2D eigenvalue weighted by atomic mass is 10.0. The molecular formula is C24H27N5O2. The molecule has 0 spiro atoms. The Bertz CT molecular complexity index is 1100. The van der Waals surface area contributed by atoms with E-state index in [2.05, 4.69) is 22.0 Å². The van der Waals surface area contributed by atoms with E-state index in [4.69, 9.17) is 0 Å². The highest BCUT2D eigenvalue weighted by Gasteiger charge is 2.27. The van der Waals surface area contributed by atoms with Crippen LogP contribution in [0.5, 0.6) is 0 Å². The summed E-state index contributed by atoms with van der Waals surface area (Å²) in [6.07, 6.45) is 6.01. The van der Waals surface area contributed by atoms with Crippen LogP contribution < -0.4 is 4.90 Å². The van der Waals surface area contributed by atoms with Gasteiger partial charge in [-0.3, -0.25) is 24.5 Å². The van der Waals surface area contributed by atoms with Crippen molar-refractivity contribution in [3.8, 4) is 11.3 Å². The molecule has 0 bridgehead atoms. The van der Waals surface area contributed by atoms with Crippen molar-refractivity contribution in [2.45, 2.75) is 46.6 Å². The number of carbonyl (C=O) groups is 2. The molecule has 7 nitrogen and oxygen atoms in total. The van der Waals surface area contributed by atoms with Crippen LogP contribution in [0.3, 0.4) is 0 Å². The van der Waals surface area contributed by atoms with E-state index in [1.165, 1.54) is 0 Å². The van der Waals surface area contributed by atoms with Crippen LogP contribution in [0.25, 0.3) is 11.3 Å².